The van der Waals surface area contributed by atoms with Crippen molar-refractivity contribution in [2.75, 3.05) is 6.61 Å². The number of hydrogen-bond donors (Lipinski definition) is 0. The zero-order chi connectivity index (χ0) is 12.2. The third-order valence-electron chi connectivity index (χ3n) is 2.70. The van der Waals surface area contributed by atoms with Crippen LogP contribution < -0.4 is 0 Å². The molecule has 0 rings (SSSR count). The van der Waals surface area contributed by atoms with Gasteiger partial charge in [-0.15, -0.1) is 0 Å². The van der Waals surface area contributed by atoms with Gasteiger partial charge in [-0.05, 0) is 12.8 Å². The summed E-state index contributed by atoms with van der Waals surface area (Å²) < 4.78 is 5.08. The Kier molecular flexibility index (Phi) is 10.2. The maximum Gasteiger partial charge on any atom is 0.333 e. The minimum atomic E-state index is -0.228. The van der Waals surface area contributed by atoms with Crippen molar-refractivity contribution in [3.05, 3.63) is 12.2 Å². The largest absolute Gasteiger partial charge is 0.462 e. The Balaban J connectivity index is 3.21. The predicted octanol–water partition coefficient (Wildman–Crippen LogP) is 4.25. The van der Waals surface area contributed by atoms with Crippen molar-refractivity contribution < 1.29 is 9.53 Å². The number of hydrogen-bond acceptors (Lipinski definition) is 2. The summed E-state index contributed by atoms with van der Waals surface area (Å²) in [6, 6.07) is 0. The van der Waals surface area contributed by atoms with E-state index in [-0.39, 0.29) is 5.97 Å². The second-order valence-corrected chi connectivity index (χ2v) is 4.21. The molecule has 0 aliphatic heterocycles. The van der Waals surface area contributed by atoms with Crippen molar-refractivity contribution in [2.45, 2.75) is 65.2 Å². The highest BCUT2D eigenvalue weighted by atomic mass is 16.5. The highest BCUT2D eigenvalue weighted by Gasteiger charge is 2.04. The minimum Gasteiger partial charge on any atom is -0.462 e. The Morgan fingerprint density at radius 1 is 1.00 bits per heavy atom. The van der Waals surface area contributed by atoms with Gasteiger partial charge in [-0.25, -0.2) is 4.79 Å². The van der Waals surface area contributed by atoms with Crippen LogP contribution in [0, 0.1) is 0 Å². The van der Waals surface area contributed by atoms with E-state index in [4.69, 9.17) is 4.74 Å². The highest BCUT2D eigenvalue weighted by Crippen LogP contribution is 2.07. The normalized spacial score (nSPS) is 10.1. The number of carbonyl (C=O) groups is 1. The molecule has 0 atom stereocenters. The summed E-state index contributed by atoms with van der Waals surface area (Å²) >= 11 is 0. The van der Waals surface area contributed by atoms with Gasteiger partial charge in [-0.3, -0.25) is 0 Å². The van der Waals surface area contributed by atoms with Crippen LogP contribution in [0.1, 0.15) is 65.2 Å². The molecule has 0 N–H and O–H groups in total. The smallest absolute Gasteiger partial charge is 0.333 e. The van der Waals surface area contributed by atoms with E-state index in [0.29, 0.717) is 18.6 Å². The molecule has 0 aromatic heterocycles. The van der Waals surface area contributed by atoms with Crippen LogP contribution in [0.2, 0.25) is 0 Å². The molecule has 0 fully saturated rings. The number of unbranched alkanes of at least 4 members (excludes halogenated alkanes) is 6. The van der Waals surface area contributed by atoms with Crippen LogP contribution >= 0.6 is 0 Å². The van der Waals surface area contributed by atoms with Gasteiger partial charge in [0.2, 0.25) is 0 Å². The van der Waals surface area contributed by atoms with Gasteiger partial charge in [-0.1, -0.05) is 59.0 Å². The summed E-state index contributed by atoms with van der Waals surface area (Å²) in [5, 5.41) is 0. The molecule has 16 heavy (non-hydrogen) atoms. The van der Waals surface area contributed by atoms with Crippen molar-refractivity contribution in [1.29, 1.82) is 0 Å². The van der Waals surface area contributed by atoms with E-state index < -0.39 is 0 Å². The topological polar surface area (TPSA) is 26.3 Å². The molecule has 0 bridgehead atoms. The molecule has 0 aromatic rings. The molecular formula is C14H26O2. The van der Waals surface area contributed by atoms with Crippen molar-refractivity contribution in [2.24, 2.45) is 0 Å². The van der Waals surface area contributed by atoms with Crippen LogP contribution in [0.15, 0.2) is 12.2 Å². The average Bonchev–Trinajstić information content (AvgIpc) is 2.31. The summed E-state index contributed by atoms with van der Waals surface area (Å²) in [7, 11) is 0. The van der Waals surface area contributed by atoms with Gasteiger partial charge in [0, 0.05) is 5.57 Å². The van der Waals surface area contributed by atoms with Crippen LogP contribution in [0.5, 0.6) is 0 Å². The van der Waals surface area contributed by atoms with Crippen LogP contribution in [-0.2, 0) is 9.53 Å². The Morgan fingerprint density at radius 3 is 2.12 bits per heavy atom. The molecule has 0 aliphatic carbocycles. The molecule has 0 amide bonds. The molecule has 0 radical (unpaired) electrons. The average molecular weight is 226 g/mol. The molecule has 0 spiro atoms. The van der Waals surface area contributed by atoms with Gasteiger partial charge < -0.3 is 4.74 Å². The molecule has 0 aromatic carbocycles. The van der Waals surface area contributed by atoms with Crippen LogP contribution in [0.3, 0.4) is 0 Å². The first-order valence-corrected chi connectivity index (χ1v) is 6.57. The summed E-state index contributed by atoms with van der Waals surface area (Å²) in [4.78, 5) is 11.2. The zero-order valence-electron chi connectivity index (χ0n) is 10.9. The first-order valence-electron chi connectivity index (χ1n) is 6.57. The van der Waals surface area contributed by atoms with Gasteiger partial charge >= 0.3 is 5.97 Å². The van der Waals surface area contributed by atoms with Gasteiger partial charge in [0.25, 0.3) is 0 Å². The lowest BCUT2D eigenvalue weighted by Gasteiger charge is -2.05. The third kappa shape index (κ3) is 8.51. The number of esters is 1. The summed E-state index contributed by atoms with van der Waals surface area (Å²) in [5.41, 5.74) is 0.572. The molecule has 94 valence electrons. The maximum absolute atomic E-state index is 11.2. The fraction of sp³-hybridized carbons (Fsp3) is 0.786. The van der Waals surface area contributed by atoms with Crippen molar-refractivity contribution in [3.63, 3.8) is 0 Å². The van der Waals surface area contributed by atoms with E-state index in [1.807, 2.05) is 6.92 Å². The Morgan fingerprint density at radius 2 is 1.56 bits per heavy atom. The second kappa shape index (κ2) is 10.7. The lowest BCUT2D eigenvalue weighted by Crippen LogP contribution is -2.07. The monoisotopic (exact) mass is 226 g/mol. The predicted molar refractivity (Wildman–Crippen MR) is 68.4 cm³/mol. The van der Waals surface area contributed by atoms with Gasteiger partial charge in [0.05, 0.1) is 6.61 Å². The Hall–Kier alpha value is -0.790. The zero-order valence-corrected chi connectivity index (χ0v) is 10.9. The first-order chi connectivity index (χ1) is 7.72. The Labute approximate surface area is 100 Å². The van der Waals surface area contributed by atoms with Crippen LogP contribution in [0.25, 0.3) is 0 Å². The SMILES string of the molecule is C=C(CC)C(=O)OCCCCCCCCC. The fourth-order valence-corrected chi connectivity index (χ4v) is 1.47. The molecule has 0 heterocycles. The van der Waals surface area contributed by atoms with E-state index in [1.54, 1.807) is 0 Å². The quantitative estimate of drug-likeness (QED) is 0.316. The number of carbonyl (C=O) groups excluding carboxylic acids is 1. The lowest BCUT2D eigenvalue weighted by atomic mass is 10.1. The van der Waals surface area contributed by atoms with Crippen molar-refractivity contribution >= 4 is 5.97 Å². The van der Waals surface area contributed by atoms with E-state index in [1.165, 1.54) is 32.1 Å². The van der Waals surface area contributed by atoms with Gasteiger partial charge in [0.15, 0.2) is 0 Å². The van der Waals surface area contributed by atoms with Crippen molar-refractivity contribution in [3.8, 4) is 0 Å². The summed E-state index contributed by atoms with van der Waals surface area (Å²) in [5.74, 6) is -0.228. The number of rotatable bonds is 10. The van der Waals surface area contributed by atoms with E-state index >= 15 is 0 Å². The van der Waals surface area contributed by atoms with E-state index in [9.17, 15) is 4.79 Å². The summed E-state index contributed by atoms with van der Waals surface area (Å²) in [6.45, 7) is 8.33. The molecule has 0 aliphatic rings. The third-order valence-corrected chi connectivity index (χ3v) is 2.70. The number of ether oxygens (including phenoxy) is 1. The Bertz CT molecular complexity index is 197. The lowest BCUT2D eigenvalue weighted by molar-refractivity contribution is -0.139. The van der Waals surface area contributed by atoms with Crippen LogP contribution in [0.4, 0.5) is 0 Å². The second-order valence-electron chi connectivity index (χ2n) is 4.21. The first kappa shape index (κ1) is 15.2. The van der Waals surface area contributed by atoms with Gasteiger partial charge in [0.1, 0.15) is 0 Å². The molecule has 0 unspecified atom stereocenters. The van der Waals surface area contributed by atoms with E-state index in [2.05, 4.69) is 13.5 Å². The standard InChI is InChI=1S/C14H26O2/c1-4-6-7-8-9-10-11-12-16-14(15)13(3)5-2/h3-12H2,1-2H3. The maximum atomic E-state index is 11.2. The van der Waals surface area contributed by atoms with Crippen LogP contribution in [-0.4, -0.2) is 12.6 Å². The highest BCUT2D eigenvalue weighted by molar-refractivity contribution is 5.87. The molecular weight excluding hydrogens is 200 g/mol. The van der Waals surface area contributed by atoms with E-state index in [0.717, 1.165) is 12.8 Å². The minimum absolute atomic E-state index is 0.228. The molecule has 2 nitrogen and oxygen atoms in total. The molecule has 0 saturated carbocycles. The fourth-order valence-electron chi connectivity index (χ4n) is 1.47. The molecule has 2 heteroatoms. The van der Waals surface area contributed by atoms with Crippen molar-refractivity contribution in [1.82, 2.24) is 0 Å². The molecule has 0 saturated heterocycles. The summed E-state index contributed by atoms with van der Waals surface area (Å²) in [6.07, 6.45) is 9.35. The van der Waals surface area contributed by atoms with Gasteiger partial charge in [-0.2, -0.15) is 0 Å².